The highest BCUT2D eigenvalue weighted by Crippen LogP contribution is 2.17. The molecule has 0 atom stereocenters. The normalized spacial score (nSPS) is 13.5. The van der Waals surface area contributed by atoms with E-state index in [0.29, 0.717) is 0 Å². The fourth-order valence-corrected chi connectivity index (χ4v) is 1.29. The van der Waals surface area contributed by atoms with Gasteiger partial charge in [0.25, 0.3) is 0 Å². The van der Waals surface area contributed by atoms with Gasteiger partial charge in [-0.15, -0.1) is 11.8 Å². The van der Waals surface area contributed by atoms with Crippen LogP contribution >= 0.6 is 11.8 Å². The third-order valence-electron chi connectivity index (χ3n) is 1.21. The van der Waals surface area contributed by atoms with Crippen LogP contribution in [0.1, 0.15) is 13.8 Å². The highest BCUT2D eigenvalue weighted by atomic mass is 32.2. The quantitative estimate of drug-likeness (QED) is 0.561. The van der Waals surface area contributed by atoms with E-state index in [9.17, 15) is 0 Å². The fraction of sp³-hybridized carbons (Fsp3) is 0.333. The van der Waals surface area contributed by atoms with Crippen LogP contribution in [0.2, 0.25) is 0 Å². The van der Waals surface area contributed by atoms with E-state index in [0.717, 1.165) is 0 Å². The Morgan fingerprint density at radius 3 is 2.40 bits per heavy atom. The fourth-order valence-electron chi connectivity index (χ4n) is 0.737. The van der Waals surface area contributed by atoms with Crippen molar-refractivity contribution in [3.8, 4) is 0 Å². The standard InChI is InChI=1S/C9H14S/c1-5-7-8(3)9(6-2)10-4/h5-7H,2H2,1,3-4H3/b7-5-,9-8+. The van der Waals surface area contributed by atoms with E-state index in [1.165, 1.54) is 10.5 Å². The first kappa shape index (κ1) is 9.57. The van der Waals surface area contributed by atoms with E-state index in [1.54, 1.807) is 11.8 Å². The van der Waals surface area contributed by atoms with Crippen molar-refractivity contribution in [1.29, 1.82) is 0 Å². The third-order valence-corrected chi connectivity index (χ3v) is 2.14. The molecular weight excluding hydrogens is 140 g/mol. The number of hydrogen-bond acceptors (Lipinski definition) is 1. The van der Waals surface area contributed by atoms with Crippen molar-refractivity contribution >= 4 is 11.8 Å². The lowest BCUT2D eigenvalue weighted by Crippen LogP contribution is -1.74. The highest BCUT2D eigenvalue weighted by Gasteiger charge is 1.90. The topological polar surface area (TPSA) is 0 Å². The van der Waals surface area contributed by atoms with Crippen molar-refractivity contribution in [2.24, 2.45) is 0 Å². The summed E-state index contributed by atoms with van der Waals surface area (Å²) in [6, 6.07) is 0. The van der Waals surface area contributed by atoms with Gasteiger partial charge in [0, 0.05) is 4.91 Å². The number of hydrogen-bond donors (Lipinski definition) is 0. The molecule has 0 aromatic carbocycles. The molecule has 0 rings (SSSR count). The summed E-state index contributed by atoms with van der Waals surface area (Å²) in [7, 11) is 0. The molecule has 0 nitrogen and oxygen atoms in total. The van der Waals surface area contributed by atoms with Gasteiger partial charge in [-0.05, 0) is 25.7 Å². The van der Waals surface area contributed by atoms with Crippen LogP contribution in [0, 0.1) is 0 Å². The Morgan fingerprint density at radius 2 is 2.10 bits per heavy atom. The van der Waals surface area contributed by atoms with Crippen molar-refractivity contribution in [2.45, 2.75) is 13.8 Å². The lowest BCUT2D eigenvalue weighted by molar-refractivity contribution is 1.49. The Morgan fingerprint density at radius 1 is 1.50 bits per heavy atom. The molecule has 0 fully saturated rings. The number of rotatable bonds is 3. The van der Waals surface area contributed by atoms with Gasteiger partial charge in [-0.1, -0.05) is 24.8 Å². The maximum absolute atomic E-state index is 3.72. The molecule has 10 heavy (non-hydrogen) atoms. The van der Waals surface area contributed by atoms with Gasteiger partial charge in [0.15, 0.2) is 0 Å². The molecule has 0 aromatic rings. The average molecular weight is 154 g/mol. The van der Waals surface area contributed by atoms with Crippen molar-refractivity contribution in [3.05, 3.63) is 35.3 Å². The van der Waals surface area contributed by atoms with Crippen LogP contribution in [0.3, 0.4) is 0 Å². The summed E-state index contributed by atoms with van der Waals surface area (Å²) in [5.74, 6) is 0. The maximum atomic E-state index is 3.72. The summed E-state index contributed by atoms with van der Waals surface area (Å²) in [5, 5.41) is 0. The van der Waals surface area contributed by atoms with Crippen LogP contribution in [-0.4, -0.2) is 6.26 Å². The first-order valence-electron chi connectivity index (χ1n) is 3.26. The van der Waals surface area contributed by atoms with E-state index < -0.39 is 0 Å². The first-order chi connectivity index (χ1) is 4.76. The van der Waals surface area contributed by atoms with Gasteiger partial charge in [0.2, 0.25) is 0 Å². The van der Waals surface area contributed by atoms with Crippen molar-refractivity contribution in [2.75, 3.05) is 6.26 Å². The minimum Gasteiger partial charge on any atom is -0.129 e. The average Bonchev–Trinajstić information content (AvgIpc) is 1.91. The number of thioether (sulfide) groups is 1. The molecule has 1 heteroatoms. The molecule has 0 N–H and O–H groups in total. The predicted molar refractivity (Wildman–Crippen MR) is 51.2 cm³/mol. The van der Waals surface area contributed by atoms with E-state index in [2.05, 4.69) is 25.8 Å². The lowest BCUT2D eigenvalue weighted by atomic mass is 10.2. The summed E-state index contributed by atoms with van der Waals surface area (Å²) >= 11 is 1.73. The summed E-state index contributed by atoms with van der Waals surface area (Å²) in [6.45, 7) is 7.83. The molecular formula is C9H14S. The van der Waals surface area contributed by atoms with Gasteiger partial charge >= 0.3 is 0 Å². The molecule has 0 bridgehead atoms. The van der Waals surface area contributed by atoms with Crippen LogP contribution in [0.25, 0.3) is 0 Å². The second-order valence-electron chi connectivity index (χ2n) is 1.96. The monoisotopic (exact) mass is 154 g/mol. The molecule has 0 aliphatic carbocycles. The van der Waals surface area contributed by atoms with Gasteiger partial charge in [-0.2, -0.15) is 0 Å². The van der Waals surface area contributed by atoms with Gasteiger partial charge in [-0.3, -0.25) is 0 Å². The van der Waals surface area contributed by atoms with Gasteiger partial charge in [0.1, 0.15) is 0 Å². The molecule has 0 amide bonds. The summed E-state index contributed by atoms with van der Waals surface area (Å²) < 4.78 is 0. The Labute approximate surface area is 67.7 Å². The molecule has 0 saturated carbocycles. The van der Waals surface area contributed by atoms with E-state index in [4.69, 9.17) is 0 Å². The molecule has 0 aliphatic heterocycles. The maximum Gasteiger partial charge on any atom is 0.00923 e. The Kier molecular flexibility index (Phi) is 5.13. The second-order valence-corrected chi connectivity index (χ2v) is 2.80. The summed E-state index contributed by atoms with van der Waals surface area (Å²) in [5.41, 5.74) is 1.28. The van der Waals surface area contributed by atoms with Crippen LogP contribution in [-0.2, 0) is 0 Å². The molecule has 0 aromatic heterocycles. The molecule has 0 unspecified atom stereocenters. The SMILES string of the molecule is C=C/C(SC)=C(C)\C=C/C. The van der Waals surface area contributed by atoms with Crippen molar-refractivity contribution in [3.63, 3.8) is 0 Å². The predicted octanol–water partition coefficient (Wildman–Crippen LogP) is 3.39. The minimum absolute atomic E-state index is 1.25. The number of allylic oxidation sites excluding steroid dienone is 4. The zero-order chi connectivity index (χ0) is 7.98. The van der Waals surface area contributed by atoms with Crippen LogP contribution in [0.5, 0.6) is 0 Å². The smallest absolute Gasteiger partial charge is 0.00923 e. The van der Waals surface area contributed by atoms with Gasteiger partial charge < -0.3 is 0 Å². The van der Waals surface area contributed by atoms with Crippen LogP contribution in [0.15, 0.2) is 35.3 Å². The van der Waals surface area contributed by atoms with Gasteiger partial charge in [-0.25, -0.2) is 0 Å². The molecule has 0 aliphatic rings. The Bertz CT molecular complexity index is 164. The highest BCUT2D eigenvalue weighted by molar-refractivity contribution is 8.02. The van der Waals surface area contributed by atoms with Crippen LogP contribution in [0.4, 0.5) is 0 Å². The van der Waals surface area contributed by atoms with E-state index in [1.807, 2.05) is 19.1 Å². The first-order valence-corrected chi connectivity index (χ1v) is 4.48. The molecule has 0 heterocycles. The zero-order valence-electron chi connectivity index (χ0n) is 6.85. The summed E-state index contributed by atoms with van der Waals surface area (Å²) in [4.78, 5) is 1.25. The molecule has 0 radical (unpaired) electrons. The second kappa shape index (κ2) is 5.36. The third kappa shape index (κ3) is 2.92. The van der Waals surface area contributed by atoms with Gasteiger partial charge in [0.05, 0.1) is 0 Å². The largest absolute Gasteiger partial charge is 0.129 e. The van der Waals surface area contributed by atoms with E-state index >= 15 is 0 Å². The molecule has 56 valence electrons. The zero-order valence-corrected chi connectivity index (χ0v) is 7.66. The molecule has 0 spiro atoms. The molecule has 0 saturated heterocycles. The minimum atomic E-state index is 1.25. The Balaban J connectivity index is 4.42. The van der Waals surface area contributed by atoms with Crippen LogP contribution < -0.4 is 0 Å². The van der Waals surface area contributed by atoms with Crippen molar-refractivity contribution in [1.82, 2.24) is 0 Å². The summed E-state index contributed by atoms with van der Waals surface area (Å²) in [6.07, 6.45) is 8.08. The lowest BCUT2D eigenvalue weighted by Gasteiger charge is -1.98. The van der Waals surface area contributed by atoms with E-state index in [-0.39, 0.29) is 0 Å². The van der Waals surface area contributed by atoms with Crippen molar-refractivity contribution < 1.29 is 0 Å². The Hall–Kier alpha value is -0.430.